The molecule has 2 rings (SSSR count). The van der Waals surface area contributed by atoms with Crippen molar-refractivity contribution in [3.8, 4) is 0 Å². The predicted octanol–water partition coefficient (Wildman–Crippen LogP) is 6.99. The van der Waals surface area contributed by atoms with E-state index in [4.69, 9.17) is 0 Å². The molecule has 0 fully saturated rings. The lowest BCUT2D eigenvalue weighted by atomic mass is 9.72. The van der Waals surface area contributed by atoms with Gasteiger partial charge in [-0.15, -0.1) is 0 Å². The summed E-state index contributed by atoms with van der Waals surface area (Å²) in [5, 5.41) is 0. The number of halogens is 1. The van der Waals surface area contributed by atoms with Gasteiger partial charge >= 0.3 is 0 Å². The average Bonchev–Trinajstić information content (AvgIpc) is 2.57. The highest BCUT2D eigenvalue weighted by molar-refractivity contribution is 5.71. The van der Waals surface area contributed by atoms with Crippen LogP contribution in [0.2, 0.25) is 0 Å². The normalized spacial score (nSPS) is 19.2. The summed E-state index contributed by atoms with van der Waals surface area (Å²) >= 11 is 0. The number of allylic oxidation sites excluding steroid dienone is 6. The van der Waals surface area contributed by atoms with Crippen molar-refractivity contribution in [3.63, 3.8) is 0 Å². The van der Waals surface area contributed by atoms with Crippen molar-refractivity contribution in [2.75, 3.05) is 0 Å². The van der Waals surface area contributed by atoms with E-state index in [1.54, 1.807) is 12.3 Å². The number of nitrogens with zero attached hydrogens (tertiary/aromatic N) is 1. The standard InChI is InChI=1S/C20H26FN.C2H6/c1-5-6-9-16(14(2)3)17-12-15(4)13-18(21)20(17)19-10-7-8-11-22-19;1-2/h6-11,13-14,16-17H,5,12H2,1-4H3;1-2H3. The molecule has 132 valence electrons. The van der Waals surface area contributed by atoms with Gasteiger partial charge in [0.25, 0.3) is 0 Å². The number of hydrogen-bond acceptors (Lipinski definition) is 1. The van der Waals surface area contributed by atoms with Gasteiger partial charge in [0, 0.05) is 11.8 Å². The van der Waals surface area contributed by atoms with E-state index in [1.165, 1.54) is 0 Å². The van der Waals surface area contributed by atoms with E-state index in [0.717, 1.165) is 29.7 Å². The Kier molecular flexibility index (Phi) is 8.67. The second kappa shape index (κ2) is 10.2. The van der Waals surface area contributed by atoms with Crippen molar-refractivity contribution in [2.24, 2.45) is 17.8 Å². The fraction of sp³-hybridized carbons (Fsp3) is 0.500. The molecule has 0 saturated carbocycles. The molecule has 2 atom stereocenters. The molecule has 0 saturated heterocycles. The van der Waals surface area contributed by atoms with Crippen LogP contribution in [-0.2, 0) is 0 Å². The van der Waals surface area contributed by atoms with Crippen LogP contribution in [0, 0.1) is 17.8 Å². The maximum Gasteiger partial charge on any atom is 0.128 e. The molecule has 1 aliphatic carbocycles. The molecule has 0 amide bonds. The second-order valence-electron chi connectivity index (χ2n) is 6.44. The summed E-state index contributed by atoms with van der Waals surface area (Å²) in [6.45, 7) is 12.6. The highest BCUT2D eigenvalue weighted by Crippen LogP contribution is 2.43. The van der Waals surface area contributed by atoms with Crippen LogP contribution < -0.4 is 0 Å². The Labute approximate surface area is 147 Å². The van der Waals surface area contributed by atoms with E-state index in [-0.39, 0.29) is 11.7 Å². The van der Waals surface area contributed by atoms with Crippen LogP contribution >= 0.6 is 0 Å². The van der Waals surface area contributed by atoms with Gasteiger partial charge < -0.3 is 0 Å². The summed E-state index contributed by atoms with van der Waals surface area (Å²) in [4.78, 5) is 4.40. The first kappa shape index (κ1) is 20.3. The van der Waals surface area contributed by atoms with Crippen molar-refractivity contribution in [1.29, 1.82) is 0 Å². The number of aromatic nitrogens is 1. The zero-order valence-electron chi connectivity index (χ0n) is 16.0. The molecule has 2 unspecified atom stereocenters. The van der Waals surface area contributed by atoms with E-state index in [0.29, 0.717) is 11.8 Å². The Bertz CT molecular complexity index is 581. The lowest BCUT2D eigenvalue weighted by molar-refractivity contribution is 0.362. The minimum Gasteiger partial charge on any atom is -0.256 e. The van der Waals surface area contributed by atoms with Crippen LogP contribution in [0.4, 0.5) is 4.39 Å². The fourth-order valence-corrected chi connectivity index (χ4v) is 3.26. The van der Waals surface area contributed by atoms with Crippen LogP contribution in [0.25, 0.3) is 5.57 Å². The van der Waals surface area contributed by atoms with Crippen LogP contribution in [0.5, 0.6) is 0 Å². The Morgan fingerprint density at radius 1 is 1.29 bits per heavy atom. The SMILES string of the molecule is CC.CCC=CC(C(C)C)C1CC(C)=CC(F)=C1c1ccccn1. The Hall–Kier alpha value is -1.70. The van der Waals surface area contributed by atoms with Gasteiger partial charge in [0.1, 0.15) is 5.83 Å². The lowest BCUT2D eigenvalue weighted by Gasteiger charge is -2.32. The van der Waals surface area contributed by atoms with Gasteiger partial charge in [-0.1, -0.05) is 58.4 Å². The van der Waals surface area contributed by atoms with Crippen molar-refractivity contribution in [3.05, 3.63) is 59.7 Å². The molecule has 1 aliphatic rings. The molecule has 0 bridgehead atoms. The third-order valence-electron chi connectivity index (χ3n) is 4.31. The fourth-order valence-electron chi connectivity index (χ4n) is 3.26. The van der Waals surface area contributed by atoms with Crippen molar-refractivity contribution in [2.45, 2.75) is 54.4 Å². The van der Waals surface area contributed by atoms with Gasteiger partial charge in [0.05, 0.1) is 5.69 Å². The number of hydrogen-bond donors (Lipinski definition) is 0. The minimum absolute atomic E-state index is 0.122. The molecule has 1 heterocycles. The molecule has 2 heteroatoms. The number of rotatable bonds is 5. The van der Waals surface area contributed by atoms with Crippen LogP contribution in [0.15, 0.2) is 54.0 Å². The Morgan fingerprint density at radius 3 is 2.54 bits per heavy atom. The Morgan fingerprint density at radius 2 is 2.00 bits per heavy atom. The number of pyridine rings is 1. The Balaban J connectivity index is 0.00000139. The monoisotopic (exact) mass is 329 g/mol. The largest absolute Gasteiger partial charge is 0.256 e. The van der Waals surface area contributed by atoms with Crippen molar-refractivity contribution < 1.29 is 4.39 Å². The van der Waals surface area contributed by atoms with E-state index in [2.05, 4.69) is 37.9 Å². The highest BCUT2D eigenvalue weighted by atomic mass is 19.1. The summed E-state index contributed by atoms with van der Waals surface area (Å²) in [7, 11) is 0. The molecule has 1 aromatic heterocycles. The summed E-state index contributed by atoms with van der Waals surface area (Å²) in [6, 6.07) is 5.71. The molecule has 0 spiro atoms. The zero-order chi connectivity index (χ0) is 18.1. The van der Waals surface area contributed by atoms with Gasteiger partial charge in [-0.2, -0.15) is 0 Å². The van der Waals surface area contributed by atoms with Crippen LogP contribution in [-0.4, -0.2) is 4.98 Å². The minimum atomic E-state index is -0.122. The summed E-state index contributed by atoms with van der Waals surface area (Å²) in [5.74, 6) is 0.822. The van der Waals surface area contributed by atoms with Gasteiger partial charge in [0.2, 0.25) is 0 Å². The molecule has 0 N–H and O–H groups in total. The van der Waals surface area contributed by atoms with Crippen molar-refractivity contribution >= 4 is 5.57 Å². The smallest absolute Gasteiger partial charge is 0.128 e. The van der Waals surface area contributed by atoms with Crippen LogP contribution in [0.1, 0.15) is 60.1 Å². The van der Waals surface area contributed by atoms with E-state index in [9.17, 15) is 4.39 Å². The topological polar surface area (TPSA) is 12.9 Å². The average molecular weight is 330 g/mol. The molecule has 0 radical (unpaired) electrons. The van der Waals surface area contributed by atoms with E-state index >= 15 is 0 Å². The van der Waals surface area contributed by atoms with Crippen LogP contribution in [0.3, 0.4) is 0 Å². The summed E-state index contributed by atoms with van der Waals surface area (Å²) < 4.78 is 14.7. The maximum atomic E-state index is 14.7. The third-order valence-corrected chi connectivity index (χ3v) is 4.31. The van der Waals surface area contributed by atoms with Gasteiger partial charge in [0.15, 0.2) is 0 Å². The molecular weight excluding hydrogens is 297 g/mol. The van der Waals surface area contributed by atoms with E-state index in [1.807, 2.05) is 39.0 Å². The molecule has 1 aromatic rings. The first-order valence-electron chi connectivity index (χ1n) is 9.19. The molecule has 1 nitrogen and oxygen atoms in total. The molecule has 0 aromatic carbocycles. The van der Waals surface area contributed by atoms with Crippen molar-refractivity contribution in [1.82, 2.24) is 4.98 Å². The van der Waals surface area contributed by atoms with Gasteiger partial charge in [-0.25, -0.2) is 4.39 Å². The molecule has 24 heavy (non-hydrogen) atoms. The highest BCUT2D eigenvalue weighted by Gasteiger charge is 2.32. The first-order chi connectivity index (χ1) is 11.5. The predicted molar refractivity (Wildman–Crippen MR) is 103 cm³/mol. The quantitative estimate of drug-likeness (QED) is 0.530. The zero-order valence-corrected chi connectivity index (χ0v) is 16.0. The summed E-state index contributed by atoms with van der Waals surface area (Å²) in [6.07, 6.45) is 9.79. The maximum absolute atomic E-state index is 14.7. The first-order valence-corrected chi connectivity index (χ1v) is 9.19. The third kappa shape index (κ3) is 5.15. The second-order valence-corrected chi connectivity index (χ2v) is 6.44. The summed E-state index contributed by atoms with van der Waals surface area (Å²) in [5.41, 5.74) is 2.65. The molecule has 0 aliphatic heterocycles. The van der Waals surface area contributed by atoms with E-state index < -0.39 is 0 Å². The molecular formula is C22H32FN. The lowest BCUT2D eigenvalue weighted by Crippen LogP contribution is -2.23. The van der Waals surface area contributed by atoms with Gasteiger partial charge in [-0.05, 0) is 55.7 Å². The van der Waals surface area contributed by atoms with Gasteiger partial charge in [-0.3, -0.25) is 4.98 Å².